The van der Waals surface area contributed by atoms with Gasteiger partial charge in [0, 0.05) is 6.07 Å². The molecule has 20 heavy (non-hydrogen) atoms. The molecule has 0 atom stereocenters. The third kappa shape index (κ3) is 2.93. The summed E-state index contributed by atoms with van der Waals surface area (Å²) in [5.41, 5.74) is -0.555. The van der Waals surface area contributed by atoms with E-state index in [1.807, 2.05) is 0 Å². The number of rotatable bonds is 4. The molecule has 2 aromatic rings. The number of nitro benzene ring substituents is 1. The fourth-order valence-electron chi connectivity index (χ4n) is 1.58. The van der Waals surface area contributed by atoms with E-state index < -0.39 is 23.2 Å². The molecule has 0 aliphatic heterocycles. The number of nitro groups is 1. The molecular weight excluding hydrogens is 336 g/mol. The highest BCUT2D eigenvalue weighted by Gasteiger charge is 2.17. The monoisotopic (exact) mass is 343 g/mol. The molecule has 0 aromatic heterocycles. The van der Waals surface area contributed by atoms with Gasteiger partial charge in [-0.3, -0.25) is 10.1 Å². The lowest BCUT2D eigenvalue weighted by Crippen LogP contribution is -2.04. The molecule has 0 heterocycles. The fraction of sp³-hybridized carbons (Fsp3) is 0.0769. The van der Waals surface area contributed by atoms with Gasteiger partial charge < -0.3 is 4.74 Å². The topological polar surface area (TPSA) is 52.4 Å². The Kier molecular flexibility index (Phi) is 4.29. The van der Waals surface area contributed by atoms with E-state index in [1.165, 1.54) is 30.3 Å². The second-order valence-electron chi connectivity index (χ2n) is 3.84. The van der Waals surface area contributed by atoms with E-state index in [0.717, 1.165) is 6.07 Å². The van der Waals surface area contributed by atoms with Gasteiger partial charge in [-0.25, -0.2) is 8.78 Å². The van der Waals surface area contributed by atoms with Crippen molar-refractivity contribution in [2.45, 2.75) is 6.61 Å². The highest BCUT2D eigenvalue weighted by atomic mass is 79.9. The first kappa shape index (κ1) is 14.4. The van der Waals surface area contributed by atoms with Crippen molar-refractivity contribution >= 4 is 21.6 Å². The summed E-state index contributed by atoms with van der Waals surface area (Å²) in [6.07, 6.45) is 0. The second kappa shape index (κ2) is 5.96. The van der Waals surface area contributed by atoms with Gasteiger partial charge in [-0.05, 0) is 34.1 Å². The first-order valence-corrected chi connectivity index (χ1v) is 6.28. The highest BCUT2D eigenvalue weighted by molar-refractivity contribution is 9.10. The highest BCUT2D eigenvalue weighted by Crippen LogP contribution is 2.28. The molecule has 2 rings (SSSR count). The minimum atomic E-state index is -0.788. The quantitative estimate of drug-likeness (QED) is 0.474. The van der Waals surface area contributed by atoms with Crippen LogP contribution in [0.5, 0.6) is 5.75 Å². The zero-order valence-corrected chi connectivity index (χ0v) is 11.6. The van der Waals surface area contributed by atoms with Gasteiger partial charge in [0.05, 0.1) is 15.0 Å². The zero-order valence-electron chi connectivity index (χ0n) is 9.98. The maximum atomic E-state index is 13.7. The summed E-state index contributed by atoms with van der Waals surface area (Å²) in [5.74, 6) is -1.61. The van der Waals surface area contributed by atoms with Crippen LogP contribution >= 0.6 is 15.9 Å². The van der Waals surface area contributed by atoms with Crippen molar-refractivity contribution in [3.63, 3.8) is 0 Å². The fourth-order valence-corrected chi connectivity index (χ4v) is 1.95. The van der Waals surface area contributed by atoms with Gasteiger partial charge in [0.25, 0.3) is 0 Å². The molecule has 0 aliphatic carbocycles. The summed E-state index contributed by atoms with van der Waals surface area (Å²) in [4.78, 5) is 10.2. The van der Waals surface area contributed by atoms with E-state index in [9.17, 15) is 18.9 Å². The molecule has 7 heteroatoms. The van der Waals surface area contributed by atoms with Crippen molar-refractivity contribution in [3.05, 3.63) is 68.2 Å². The molecule has 0 N–H and O–H groups in total. The molecule has 0 fully saturated rings. The predicted octanol–water partition coefficient (Wildman–Crippen LogP) is 4.21. The van der Waals surface area contributed by atoms with Crippen LogP contribution in [0.2, 0.25) is 0 Å². The normalized spacial score (nSPS) is 10.3. The summed E-state index contributed by atoms with van der Waals surface area (Å²) >= 11 is 2.94. The average Bonchev–Trinajstić information content (AvgIpc) is 2.43. The van der Waals surface area contributed by atoms with Crippen LogP contribution in [0.3, 0.4) is 0 Å². The Morgan fingerprint density at radius 1 is 1.20 bits per heavy atom. The van der Waals surface area contributed by atoms with E-state index in [1.54, 1.807) is 0 Å². The molecule has 0 saturated heterocycles. The van der Waals surface area contributed by atoms with E-state index in [0.29, 0.717) is 0 Å². The summed E-state index contributed by atoms with van der Waals surface area (Å²) < 4.78 is 32.5. The molecule has 0 unspecified atom stereocenters. The van der Waals surface area contributed by atoms with Crippen LogP contribution in [0.15, 0.2) is 40.9 Å². The molecule has 0 bridgehead atoms. The van der Waals surface area contributed by atoms with Crippen LogP contribution in [-0.2, 0) is 6.61 Å². The van der Waals surface area contributed by atoms with Crippen molar-refractivity contribution in [1.82, 2.24) is 0 Å². The number of hydrogen-bond donors (Lipinski definition) is 0. The van der Waals surface area contributed by atoms with Crippen molar-refractivity contribution in [2.75, 3.05) is 0 Å². The number of halogens is 3. The van der Waals surface area contributed by atoms with Crippen molar-refractivity contribution in [2.24, 2.45) is 0 Å². The summed E-state index contributed by atoms with van der Waals surface area (Å²) in [5, 5.41) is 10.8. The lowest BCUT2D eigenvalue weighted by molar-refractivity contribution is -0.385. The Bertz CT molecular complexity index is 664. The maximum Gasteiger partial charge on any atom is 0.310 e. The van der Waals surface area contributed by atoms with Crippen LogP contribution in [0, 0.1) is 21.7 Å². The van der Waals surface area contributed by atoms with Gasteiger partial charge in [0.15, 0.2) is 5.75 Å². The van der Waals surface area contributed by atoms with Crippen LogP contribution in [0.25, 0.3) is 0 Å². The lowest BCUT2D eigenvalue weighted by atomic mass is 10.2. The average molecular weight is 344 g/mol. The minimum Gasteiger partial charge on any atom is -0.482 e. The van der Waals surface area contributed by atoms with Gasteiger partial charge in [-0.15, -0.1) is 0 Å². The number of ether oxygens (including phenoxy) is 1. The molecule has 0 spiro atoms. The number of nitrogens with zero attached hydrogens (tertiary/aromatic N) is 1. The standard InChI is InChI=1S/C13H8BrF2NO3/c14-9-5-6-10(15)8(13(9)16)7-20-12-4-2-1-3-11(12)17(18)19/h1-6H,7H2. The van der Waals surface area contributed by atoms with Crippen molar-refractivity contribution in [1.29, 1.82) is 0 Å². The molecule has 0 aliphatic rings. The summed E-state index contributed by atoms with van der Waals surface area (Å²) in [6.45, 7) is -0.443. The third-order valence-electron chi connectivity index (χ3n) is 2.57. The Morgan fingerprint density at radius 2 is 1.90 bits per heavy atom. The number of para-hydroxylation sites is 2. The second-order valence-corrected chi connectivity index (χ2v) is 4.69. The molecular formula is C13H8BrF2NO3. The smallest absolute Gasteiger partial charge is 0.310 e. The third-order valence-corrected chi connectivity index (χ3v) is 3.19. The molecule has 2 aromatic carbocycles. The van der Waals surface area contributed by atoms with E-state index in [-0.39, 0.29) is 21.5 Å². The van der Waals surface area contributed by atoms with E-state index >= 15 is 0 Å². The molecule has 0 radical (unpaired) electrons. The van der Waals surface area contributed by atoms with Crippen LogP contribution in [0.4, 0.5) is 14.5 Å². The number of benzene rings is 2. The van der Waals surface area contributed by atoms with Gasteiger partial charge in [-0.2, -0.15) is 0 Å². The Labute approximate surface area is 121 Å². The molecule has 0 saturated carbocycles. The van der Waals surface area contributed by atoms with E-state index in [4.69, 9.17) is 4.74 Å². The Balaban J connectivity index is 2.26. The van der Waals surface area contributed by atoms with Crippen LogP contribution in [-0.4, -0.2) is 4.92 Å². The van der Waals surface area contributed by atoms with Gasteiger partial charge in [0.1, 0.15) is 18.2 Å². The first-order valence-electron chi connectivity index (χ1n) is 5.49. The summed E-state index contributed by atoms with van der Waals surface area (Å²) in [6, 6.07) is 7.96. The SMILES string of the molecule is O=[N+]([O-])c1ccccc1OCc1c(F)ccc(Br)c1F. The summed E-state index contributed by atoms with van der Waals surface area (Å²) in [7, 11) is 0. The minimum absolute atomic E-state index is 0.0451. The molecule has 0 amide bonds. The zero-order chi connectivity index (χ0) is 14.7. The van der Waals surface area contributed by atoms with Crippen molar-refractivity contribution < 1.29 is 18.4 Å². The molecule has 104 valence electrons. The first-order chi connectivity index (χ1) is 9.50. The Morgan fingerprint density at radius 3 is 2.60 bits per heavy atom. The van der Waals surface area contributed by atoms with Gasteiger partial charge in [-0.1, -0.05) is 12.1 Å². The van der Waals surface area contributed by atoms with Crippen LogP contribution < -0.4 is 4.74 Å². The van der Waals surface area contributed by atoms with Gasteiger partial charge >= 0.3 is 5.69 Å². The predicted molar refractivity (Wildman–Crippen MR) is 71.5 cm³/mol. The van der Waals surface area contributed by atoms with E-state index in [2.05, 4.69) is 15.9 Å². The Hall–Kier alpha value is -2.02. The largest absolute Gasteiger partial charge is 0.482 e. The molecule has 4 nitrogen and oxygen atoms in total. The number of hydrogen-bond acceptors (Lipinski definition) is 3. The maximum absolute atomic E-state index is 13.7. The lowest BCUT2D eigenvalue weighted by Gasteiger charge is -2.09. The van der Waals surface area contributed by atoms with Crippen LogP contribution in [0.1, 0.15) is 5.56 Å². The van der Waals surface area contributed by atoms with Crippen molar-refractivity contribution in [3.8, 4) is 5.75 Å². The van der Waals surface area contributed by atoms with Gasteiger partial charge in [0.2, 0.25) is 0 Å².